The van der Waals surface area contributed by atoms with E-state index in [-0.39, 0.29) is 5.75 Å². The second-order valence-electron chi connectivity index (χ2n) is 7.04. The number of nitrogens with zero attached hydrogens (tertiary/aromatic N) is 3. The van der Waals surface area contributed by atoms with E-state index < -0.39 is 12.8 Å². The van der Waals surface area contributed by atoms with Gasteiger partial charge in [-0.05, 0) is 48.2 Å². The highest BCUT2D eigenvalue weighted by Crippen LogP contribution is 2.19. The fourth-order valence-corrected chi connectivity index (χ4v) is 3.15. The second kappa shape index (κ2) is 10.2. The van der Waals surface area contributed by atoms with Gasteiger partial charge in [0.2, 0.25) is 0 Å². The van der Waals surface area contributed by atoms with Gasteiger partial charge >= 0.3 is 6.18 Å². The Kier molecular flexibility index (Phi) is 7.37. The van der Waals surface area contributed by atoms with Crippen LogP contribution < -0.4 is 20.3 Å². The summed E-state index contributed by atoms with van der Waals surface area (Å²) in [6, 6.07) is 10.5. The summed E-state index contributed by atoms with van der Waals surface area (Å²) >= 11 is 0. The van der Waals surface area contributed by atoms with E-state index in [4.69, 9.17) is 4.74 Å². The maximum absolute atomic E-state index is 12.2. The van der Waals surface area contributed by atoms with Gasteiger partial charge < -0.3 is 20.3 Å². The lowest BCUT2D eigenvalue weighted by molar-refractivity contribution is -0.153. The van der Waals surface area contributed by atoms with Gasteiger partial charge in [-0.3, -0.25) is 4.99 Å². The number of aliphatic imine (C=N–C) groups is 1. The van der Waals surface area contributed by atoms with Crippen molar-refractivity contribution in [3.8, 4) is 5.75 Å². The van der Waals surface area contributed by atoms with Crippen LogP contribution in [0.1, 0.15) is 24.0 Å². The van der Waals surface area contributed by atoms with Gasteiger partial charge in [-0.2, -0.15) is 13.2 Å². The van der Waals surface area contributed by atoms with Gasteiger partial charge in [-0.1, -0.05) is 12.1 Å². The van der Waals surface area contributed by atoms with E-state index in [0.717, 1.165) is 30.0 Å². The molecule has 1 aromatic carbocycles. The van der Waals surface area contributed by atoms with E-state index in [9.17, 15) is 13.2 Å². The van der Waals surface area contributed by atoms with Crippen LogP contribution in [0.2, 0.25) is 0 Å². The minimum Gasteiger partial charge on any atom is -0.484 e. The molecule has 9 heteroatoms. The number of anilines is 1. The number of nitrogens with one attached hydrogen (secondary N) is 2. The summed E-state index contributed by atoms with van der Waals surface area (Å²) in [5, 5.41) is 6.46. The van der Waals surface area contributed by atoms with Gasteiger partial charge in [0.25, 0.3) is 0 Å². The monoisotopic (exact) mass is 421 g/mol. The number of guanidine groups is 1. The average Bonchev–Trinajstić information content (AvgIpc) is 3.28. The van der Waals surface area contributed by atoms with E-state index in [1.807, 2.05) is 12.3 Å². The first kappa shape index (κ1) is 21.7. The maximum Gasteiger partial charge on any atom is 0.422 e. The first-order valence-electron chi connectivity index (χ1n) is 9.86. The minimum absolute atomic E-state index is 0.185. The van der Waals surface area contributed by atoms with Crippen molar-refractivity contribution in [2.24, 2.45) is 4.99 Å². The summed E-state index contributed by atoms with van der Waals surface area (Å²) in [5.41, 5.74) is 2.01. The molecule has 1 fully saturated rings. The molecule has 0 radical (unpaired) electrons. The number of alkyl halides is 3. The zero-order valence-corrected chi connectivity index (χ0v) is 16.9. The van der Waals surface area contributed by atoms with Crippen LogP contribution in [-0.4, -0.2) is 43.9 Å². The number of aromatic nitrogens is 1. The third kappa shape index (κ3) is 6.82. The molecular formula is C21H26F3N5O. The Morgan fingerprint density at radius 1 is 1.07 bits per heavy atom. The van der Waals surface area contributed by atoms with E-state index in [1.165, 1.54) is 25.0 Å². The lowest BCUT2D eigenvalue weighted by Gasteiger charge is -2.17. The molecule has 1 aromatic heterocycles. The summed E-state index contributed by atoms with van der Waals surface area (Å²) in [6.45, 7) is 1.89. The van der Waals surface area contributed by atoms with Crippen molar-refractivity contribution in [2.75, 3.05) is 31.6 Å². The molecule has 162 valence electrons. The molecule has 3 rings (SSSR count). The first-order chi connectivity index (χ1) is 14.4. The van der Waals surface area contributed by atoms with Crippen LogP contribution in [0.15, 0.2) is 47.6 Å². The first-order valence-corrected chi connectivity index (χ1v) is 9.86. The Morgan fingerprint density at radius 2 is 1.73 bits per heavy atom. The molecule has 6 nitrogen and oxygen atoms in total. The lowest BCUT2D eigenvalue weighted by atomic mass is 10.2. The number of pyridine rings is 1. The zero-order chi connectivity index (χ0) is 21.4. The van der Waals surface area contributed by atoms with Gasteiger partial charge in [0, 0.05) is 39.4 Å². The SMILES string of the molecule is CN=C(NCc1ccc(OCC(F)(F)F)cc1)NCc1ccnc(N2CCCC2)c1. The molecule has 0 saturated carbocycles. The molecule has 0 atom stereocenters. The molecule has 0 amide bonds. The van der Waals surface area contributed by atoms with Gasteiger partial charge in [-0.25, -0.2) is 4.98 Å². The number of halogens is 3. The number of hydrogen-bond donors (Lipinski definition) is 2. The Morgan fingerprint density at radius 3 is 2.37 bits per heavy atom. The third-order valence-electron chi connectivity index (χ3n) is 4.71. The predicted molar refractivity (Wildman–Crippen MR) is 111 cm³/mol. The summed E-state index contributed by atoms with van der Waals surface area (Å²) in [6.07, 6.45) is -0.113. The number of rotatable bonds is 7. The fourth-order valence-electron chi connectivity index (χ4n) is 3.15. The van der Waals surface area contributed by atoms with Gasteiger partial charge in [0.05, 0.1) is 0 Å². The average molecular weight is 421 g/mol. The molecule has 0 unspecified atom stereocenters. The molecule has 30 heavy (non-hydrogen) atoms. The molecule has 1 aliphatic rings. The van der Waals surface area contributed by atoms with Crippen molar-refractivity contribution in [2.45, 2.75) is 32.1 Å². The van der Waals surface area contributed by atoms with Crippen molar-refractivity contribution in [3.05, 3.63) is 53.7 Å². The largest absolute Gasteiger partial charge is 0.484 e. The molecule has 2 N–H and O–H groups in total. The highest BCUT2D eigenvalue weighted by molar-refractivity contribution is 5.79. The predicted octanol–water partition coefficient (Wildman–Crippen LogP) is 3.49. The van der Waals surface area contributed by atoms with Gasteiger partial charge in [-0.15, -0.1) is 0 Å². The van der Waals surface area contributed by atoms with E-state index in [2.05, 4.69) is 31.6 Å². The smallest absolute Gasteiger partial charge is 0.422 e. The standard InChI is InChI=1S/C21H26F3N5O/c1-25-20(27-13-16-4-6-18(7-5-16)30-15-21(22,23)24)28-14-17-8-9-26-19(12-17)29-10-2-3-11-29/h4-9,12H,2-3,10-11,13-15H2,1H3,(H2,25,27,28). The molecule has 1 aliphatic heterocycles. The summed E-state index contributed by atoms with van der Waals surface area (Å²) < 4.78 is 41.3. The van der Waals surface area contributed by atoms with Crippen LogP contribution in [0, 0.1) is 0 Å². The van der Waals surface area contributed by atoms with Crippen LogP contribution in [0.4, 0.5) is 19.0 Å². The third-order valence-corrected chi connectivity index (χ3v) is 4.71. The topological polar surface area (TPSA) is 61.8 Å². The number of benzene rings is 1. The second-order valence-corrected chi connectivity index (χ2v) is 7.04. The number of ether oxygens (including phenoxy) is 1. The van der Waals surface area contributed by atoms with E-state index in [0.29, 0.717) is 19.0 Å². The maximum atomic E-state index is 12.2. The van der Waals surface area contributed by atoms with E-state index >= 15 is 0 Å². The van der Waals surface area contributed by atoms with Crippen molar-refractivity contribution >= 4 is 11.8 Å². The Labute approximate surface area is 174 Å². The molecule has 1 saturated heterocycles. The van der Waals surface area contributed by atoms with Gasteiger partial charge in [0.1, 0.15) is 11.6 Å². The summed E-state index contributed by atoms with van der Waals surface area (Å²) in [5.74, 6) is 1.82. The van der Waals surface area contributed by atoms with Crippen molar-refractivity contribution in [1.29, 1.82) is 0 Å². The molecule has 2 heterocycles. The Hall–Kier alpha value is -2.97. The molecular weight excluding hydrogens is 395 g/mol. The van der Waals surface area contributed by atoms with Crippen LogP contribution in [0.5, 0.6) is 5.75 Å². The minimum atomic E-state index is -4.34. The van der Waals surface area contributed by atoms with E-state index in [1.54, 1.807) is 19.2 Å². The van der Waals surface area contributed by atoms with Crippen molar-refractivity contribution < 1.29 is 17.9 Å². The molecule has 0 spiro atoms. The van der Waals surface area contributed by atoms with Crippen molar-refractivity contribution in [3.63, 3.8) is 0 Å². The fraction of sp³-hybridized carbons (Fsp3) is 0.429. The van der Waals surface area contributed by atoms with Crippen LogP contribution in [0.3, 0.4) is 0 Å². The Bertz CT molecular complexity index is 833. The Balaban J connectivity index is 1.46. The molecule has 2 aromatic rings. The highest BCUT2D eigenvalue weighted by atomic mass is 19.4. The van der Waals surface area contributed by atoms with Crippen LogP contribution in [0.25, 0.3) is 0 Å². The summed E-state index contributed by atoms with van der Waals surface area (Å²) in [4.78, 5) is 11.0. The lowest BCUT2D eigenvalue weighted by Crippen LogP contribution is -2.36. The normalized spacial score (nSPS) is 14.7. The number of hydrogen-bond acceptors (Lipinski definition) is 4. The molecule has 0 aliphatic carbocycles. The highest BCUT2D eigenvalue weighted by Gasteiger charge is 2.28. The summed E-state index contributed by atoms with van der Waals surface area (Å²) in [7, 11) is 1.69. The quantitative estimate of drug-likeness (QED) is 0.529. The van der Waals surface area contributed by atoms with Crippen LogP contribution >= 0.6 is 0 Å². The zero-order valence-electron chi connectivity index (χ0n) is 16.9. The molecule has 0 bridgehead atoms. The van der Waals surface area contributed by atoms with Gasteiger partial charge in [0.15, 0.2) is 12.6 Å². The van der Waals surface area contributed by atoms with Crippen LogP contribution in [-0.2, 0) is 13.1 Å². The van der Waals surface area contributed by atoms with Crippen molar-refractivity contribution in [1.82, 2.24) is 15.6 Å².